The minimum atomic E-state index is -0.407. The highest BCUT2D eigenvalue weighted by molar-refractivity contribution is 9.10. The van der Waals surface area contributed by atoms with E-state index >= 15 is 0 Å². The molecule has 3 nitrogen and oxygen atoms in total. The van der Waals surface area contributed by atoms with E-state index < -0.39 is 11.7 Å². The summed E-state index contributed by atoms with van der Waals surface area (Å²) in [7, 11) is 0. The van der Waals surface area contributed by atoms with E-state index in [9.17, 15) is 9.18 Å². The number of nitrogens with one attached hydrogen (secondary N) is 1. The molecule has 98 valence electrons. The minimum absolute atomic E-state index is 0.266. The number of carbonyl (C=O) groups excluding carboxylic acids is 1. The molecule has 0 heterocycles. The average molecular weight is 344 g/mol. The van der Waals surface area contributed by atoms with Gasteiger partial charge in [0.05, 0.1) is 15.1 Å². The standard InChI is InChI=1S/C13H9BrClFN2O/c14-10-6-8(2-4-12(10)16)18-13(19)9-5-7(17)1-3-11(9)15/h1-6H,17H2,(H,18,19). The third-order valence-electron chi connectivity index (χ3n) is 2.41. The number of benzene rings is 2. The molecular weight excluding hydrogens is 335 g/mol. The molecule has 0 aliphatic heterocycles. The summed E-state index contributed by atoms with van der Waals surface area (Å²) in [5.41, 5.74) is 6.77. The third-order valence-corrected chi connectivity index (χ3v) is 3.35. The van der Waals surface area contributed by atoms with Crippen molar-refractivity contribution in [1.29, 1.82) is 0 Å². The zero-order valence-corrected chi connectivity index (χ0v) is 11.9. The van der Waals surface area contributed by atoms with Gasteiger partial charge in [-0.25, -0.2) is 4.39 Å². The van der Waals surface area contributed by atoms with Gasteiger partial charge in [0.1, 0.15) is 5.82 Å². The Morgan fingerprint density at radius 1 is 1.26 bits per heavy atom. The Kier molecular flexibility index (Phi) is 4.07. The number of rotatable bonds is 2. The van der Waals surface area contributed by atoms with Crippen LogP contribution in [0.3, 0.4) is 0 Å². The highest BCUT2D eigenvalue weighted by atomic mass is 79.9. The number of hydrogen-bond donors (Lipinski definition) is 2. The van der Waals surface area contributed by atoms with Crippen LogP contribution >= 0.6 is 27.5 Å². The van der Waals surface area contributed by atoms with Crippen LogP contribution in [0.1, 0.15) is 10.4 Å². The second kappa shape index (κ2) is 5.59. The fourth-order valence-electron chi connectivity index (χ4n) is 1.49. The second-order valence-electron chi connectivity index (χ2n) is 3.82. The molecule has 0 aliphatic carbocycles. The molecule has 3 N–H and O–H groups in total. The molecule has 0 aromatic heterocycles. The zero-order chi connectivity index (χ0) is 14.0. The lowest BCUT2D eigenvalue weighted by Gasteiger charge is -2.08. The normalized spacial score (nSPS) is 10.3. The Morgan fingerprint density at radius 2 is 2.00 bits per heavy atom. The molecule has 0 bridgehead atoms. The summed E-state index contributed by atoms with van der Waals surface area (Å²) in [4.78, 5) is 12.0. The molecule has 1 amide bonds. The van der Waals surface area contributed by atoms with Gasteiger partial charge in [-0.15, -0.1) is 0 Å². The molecular formula is C13H9BrClFN2O. The number of nitrogen functional groups attached to an aromatic ring is 1. The minimum Gasteiger partial charge on any atom is -0.399 e. The molecule has 2 aromatic carbocycles. The van der Waals surface area contributed by atoms with Gasteiger partial charge < -0.3 is 11.1 Å². The summed E-state index contributed by atoms with van der Waals surface area (Å²) >= 11 is 8.97. The summed E-state index contributed by atoms with van der Waals surface area (Å²) in [6.45, 7) is 0. The molecule has 0 aliphatic rings. The fourth-order valence-corrected chi connectivity index (χ4v) is 2.07. The first kappa shape index (κ1) is 13.8. The predicted octanol–water partition coefficient (Wildman–Crippen LogP) is 4.08. The first-order chi connectivity index (χ1) is 8.97. The Labute approximate surface area is 122 Å². The first-order valence-corrected chi connectivity index (χ1v) is 6.46. The summed E-state index contributed by atoms with van der Waals surface area (Å²) in [6.07, 6.45) is 0. The molecule has 0 radical (unpaired) electrons. The largest absolute Gasteiger partial charge is 0.399 e. The van der Waals surface area contributed by atoms with E-state index in [1.807, 2.05) is 0 Å². The number of carbonyl (C=O) groups is 1. The Morgan fingerprint density at radius 3 is 2.68 bits per heavy atom. The maximum Gasteiger partial charge on any atom is 0.257 e. The van der Waals surface area contributed by atoms with Crippen LogP contribution in [0.4, 0.5) is 15.8 Å². The summed E-state index contributed by atoms with van der Waals surface area (Å²) in [5, 5.41) is 2.92. The van der Waals surface area contributed by atoms with Crippen LogP contribution in [0.15, 0.2) is 40.9 Å². The Bertz CT molecular complexity index is 649. The molecule has 2 aromatic rings. The lowest BCUT2D eigenvalue weighted by Crippen LogP contribution is -2.13. The highest BCUT2D eigenvalue weighted by Crippen LogP contribution is 2.23. The SMILES string of the molecule is Nc1ccc(Cl)c(C(=O)Nc2ccc(F)c(Br)c2)c1. The van der Waals surface area contributed by atoms with Gasteiger partial charge in [0.25, 0.3) is 5.91 Å². The van der Waals surface area contributed by atoms with E-state index in [0.717, 1.165) is 0 Å². The van der Waals surface area contributed by atoms with Crippen LogP contribution in [0, 0.1) is 5.82 Å². The Balaban J connectivity index is 2.25. The number of amides is 1. The molecule has 6 heteroatoms. The van der Waals surface area contributed by atoms with Gasteiger partial charge in [0.15, 0.2) is 0 Å². The van der Waals surface area contributed by atoms with Crippen LogP contribution in [0.2, 0.25) is 5.02 Å². The summed E-state index contributed by atoms with van der Waals surface area (Å²) < 4.78 is 13.3. The maximum atomic E-state index is 13.1. The summed E-state index contributed by atoms with van der Waals surface area (Å²) in [6, 6.07) is 8.81. The van der Waals surface area contributed by atoms with Crippen molar-refractivity contribution in [3.63, 3.8) is 0 Å². The highest BCUT2D eigenvalue weighted by Gasteiger charge is 2.11. The van der Waals surface area contributed by atoms with Crippen molar-refractivity contribution in [2.24, 2.45) is 0 Å². The summed E-state index contributed by atoms with van der Waals surface area (Å²) in [5.74, 6) is -0.809. The lowest BCUT2D eigenvalue weighted by atomic mass is 10.2. The number of halogens is 3. The fraction of sp³-hybridized carbons (Fsp3) is 0. The van der Waals surface area contributed by atoms with Crippen LogP contribution in [0.5, 0.6) is 0 Å². The van der Waals surface area contributed by atoms with E-state index in [1.54, 1.807) is 12.1 Å². The van der Waals surface area contributed by atoms with Crippen LogP contribution < -0.4 is 11.1 Å². The monoisotopic (exact) mass is 342 g/mol. The molecule has 0 unspecified atom stereocenters. The van der Waals surface area contributed by atoms with E-state index in [1.165, 1.54) is 24.3 Å². The zero-order valence-electron chi connectivity index (χ0n) is 9.58. The molecule has 19 heavy (non-hydrogen) atoms. The van der Waals surface area contributed by atoms with E-state index in [-0.39, 0.29) is 10.0 Å². The molecule has 0 spiro atoms. The predicted molar refractivity (Wildman–Crippen MR) is 77.9 cm³/mol. The molecule has 0 saturated carbocycles. The Hall–Kier alpha value is -1.59. The van der Waals surface area contributed by atoms with Gasteiger partial charge in [-0.2, -0.15) is 0 Å². The van der Waals surface area contributed by atoms with Crippen LogP contribution in [-0.2, 0) is 0 Å². The van der Waals surface area contributed by atoms with E-state index in [0.29, 0.717) is 16.4 Å². The van der Waals surface area contributed by atoms with Gasteiger partial charge in [-0.05, 0) is 52.3 Å². The van der Waals surface area contributed by atoms with Crippen LogP contribution in [-0.4, -0.2) is 5.91 Å². The lowest BCUT2D eigenvalue weighted by molar-refractivity contribution is 0.102. The quantitative estimate of drug-likeness (QED) is 0.807. The van der Waals surface area contributed by atoms with Gasteiger partial charge in [-0.3, -0.25) is 4.79 Å². The van der Waals surface area contributed by atoms with Crippen LogP contribution in [0.25, 0.3) is 0 Å². The average Bonchev–Trinajstić information content (AvgIpc) is 2.36. The maximum absolute atomic E-state index is 13.1. The number of anilines is 2. The number of hydrogen-bond acceptors (Lipinski definition) is 2. The van der Waals surface area contributed by atoms with Crippen molar-refractivity contribution in [3.05, 3.63) is 57.3 Å². The van der Waals surface area contributed by atoms with Crippen molar-refractivity contribution >= 4 is 44.8 Å². The van der Waals surface area contributed by atoms with Gasteiger partial charge in [0, 0.05) is 11.4 Å². The smallest absolute Gasteiger partial charge is 0.257 e. The van der Waals surface area contributed by atoms with Crippen molar-refractivity contribution in [2.75, 3.05) is 11.1 Å². The van der Waals surface area contributed by atoms with Crippen molar-refractivity contribution in [2.45, 2.75) is 0 Å². The van der Waals surface area contributed by atoms with Crippen molar-refractivity contribution < 1.29 is 9.18 Å². The number of nitrogens with two attached hydrogens (primary N) is 1. The van der Waals surface area contributed by atoms with E-state index in [4.69, 9.17) is 17.3 Å². The molecule has 0 atom stereocenters. The second-order valence-corrected chi connectivity index (χ2v) is 5.08. The van der Waals surface area contributed by atoms with Gasteiger partial charge >= 0.3 is 0 Å². The first-order valence-electron chi connectivity index (χ1n) is 5.29. The van der Waals surface area contributed by atoms with Gasteiger partial charge in [0.2, 0.25) is 0 Å². The third kappa shape index (κ3) is 3.24. The molecule has 0 saturated heterocycles. The van der Waals surface area contributed by atoms with Crippen molar-refractivity contribution in [3.8, 4) is 0 Å². The molecule has 0 fully saturated rings. The van der Waals surface area contributed by atoms with E-state index in [2.05, 4.69) is 21.2 Å². The van der Waals surface area contributed by atoms with Crippen molar-refractivity contribution in [1.82, 2.24) is 0 Å². The molecule has 2 rings (SSSR count). The van der Waals surface area contributed by atoms with Gasteiger partial charge in [-0.1, -0.05) is 11.6 Å². The topological polar surface area (TPSA) is 55.1 Å².